The van der Waals surface area contributed by atoms with Crippen molar-refractivity contribution in [2.24, 2.45) is 0 Å². The molecule has 0 spiro atoms. The number of carbonyl (C=O) groups excluding carboxylic acids is 2. The van der Waals surface area contributed by atoms with E-state index in [0.717, 1.165) is 17.8 Å². The Morgan fingerprint density at radius 3 is 2.76 bits per heavy atom. The van der Waals surface area contributed by atoms with Crippen molar-refractivity contribution in [1.29, 1.82) is 0 Å². The van der Waals surface area contributed by atoms with E-state index in [9.17, 15) is 14.4 Å². The zero-order valence-corrected chi connectivity index (χ0v) is 19.0. The zero-order chi connectivity index (χ0) is 23.7. The lowest BCUT2D eigenvalue weighted by Crippen LogP contribution is -2.17. The van der Waals surface area contributed by atoms with Gasteiger partial charge in [0.25, 0.3) is 11.5 Å². The molecule has 1 aliphatic rings. The second kappa shape index (κ2) is 9.06. The number of rotatable bonds is 7. The average Bonchev–Trinajstić information content (AvgIpc) is 3.61. The number of esters is 1. The van der Waals surface area contributed by atoms with Crippen LogP contribution in [0.5, 0.6) is 5.75 Å². The standard InChI is InChI=1S/C24H20N4O5S/c1-32-19-8-3-2-7-18(19)21(30)25-16-6-4-5-15(11-16)23(31)33-13-17-12-20(29)28-24(26-17)34-22(27-28)14-9-10-14/h2-8,11-12,14H,9-10,13H2,1H3,(H,25,30). The molecule has 1 aliphatic carbocycles. The fourth-order valence-corrected chi connectivity index (χ4v) is 4.51. The predicted molar refractivity (Wildman–Crippen MR) is 126 cm³/mol. The third-order valence-electron chi connectivity index (χ3n) is 5.30. The molecule has 10 heteroatoms. The molecule has 1 N–H and O–H groups in total. The third kappa shape index (κ3) is 4.53. The lowest BCUT2D eigenvalue weighted by molar-refractivity contribution is 0.0467. The number of benzene rings is 2. The van der Waals surface area contributed by atoms with Gasteiger partial charge in [-0.15, -0.1) is 0 Å². The summed E-state index contributed by atoms with van der Waals surface area (Å²) in [7, 11) is 1.49. The number of hydrogen-bond acceptors (Lipinski definition) is 8. The van der Waals surface area contributed by atoms with Gasteiger partial charge >= 0.3 is 5.97 Å². The molecule has 0 aliphatic heterocycles. The normalized spacial score (nSPS) is 13.0. The van der Waals surface area contributed by atoms with Crippen LogP contribution < -0.4 is 15.6 Å². The number of fused-ring (bicyclic) bond motifs is 1. The number of para-hydroxylation sites is 1. The molecule has 0 bridgehead atoms. The van der Waals surface area contributed by atoms with Crippen molar-refractivity contribution in [3.05, 3.63) is 86.8 Å². The van der Waals surface area contributed by atoms with Crippen LogP contribution in [0.4, 0.5) is 5.69 Å². The molecule has 0 atom stereocenters. The lowest BCUT2D eigenvalue weighted by atomic mass is 10.1. The molecule has 172 valence electrons. The van der Waals surface area contributed by atoms with E-state index in [4.69, 9.17) is 9.47 Å². The van der Waals surface area contributed by atoms with Crippen LogP contribution in [-0.4, -0.2) is 33.6 Å². The van der Waals surface area contributed by atoms with E-state index in [1.54, 1.807) is 42.5 Å². The first-order chi connectivity index (χ1) is 16.5. The molecule has 1 amide bonds. The Morgan fingerprint density at radius 2 is 1.97 bits per heavy atom. The van der Waals surface area contributed by atoms with E-state index in [-0.39, 0.29) is 23.6 Å². The maximum absolute atomic E-state index is 12.6. The average molecular weight is 477 g/mol. The Labute approximate surface area is 198 Å². The molecule has 1 fully saturated rings. The molecule has 2 aromatic carbocycles. The SMILES string of the molecule is COc1ccccc1C(=O)Nc1cccc(C(=O)OCc2cc(=O)n3nc(C4CC4)sc3n2)c1. The summed E-state index contributed by atoms with van der Waals surface area (Å²) >= 11 is 1.39. The number of carbonyl (C=O) groups is 2. The van der Waals surface area contributed by atoms with Crippen molar-refractivity contribution in [2.75, 3.05) is 12.4 Å². The minimum absolute atomic E-state index is 0.154. The van der Waals surface area contributed by atoms with Gasteiger partial charge in [-0.2, -0.15) is 9.61 Å². The minimum atomic E-state index is -0.599. The second-order valence-electron chi connectivity index (χ2n) is 7.81. The van der Waals surface area contributed by atoms with Gasteiger partial charge in [-0.05, 0) is 43.2 Å². The van der Waals surface area contributed by atoms with Gasteiger partial charge in [-0.25, -0.2) is 9.78 Å². The van der Waals surface area contributed by atoms with E-state index in [1.807, 2.05) is 0 Å². The van der Waals surface area contributed by atoms with E-state index < -0.39 is 5.97 Å². The zero-order valence-electron chi connectivity index (χ0n) is 18.2. The van der Waals surface area contributed by atoms with Crippen LogP contribution in [0.25, 0.3) is 4.96 Å². The monoisotopic (exact) mass is 476 g/mol. The number of nitrogens with one attached hydrogen (secondary N) is 1. The fraction of sp³-hybridized carbons (Fsp3) is 0.208. The molecule has 1 saturated carbocycles. The summed E-state index contributed by atoms with van der Waals surface area (Å²) in [6.07, 6.45) is 2.16. The highest BCUT2D eigenvalue weighted by molar-refractivity contribution is 7.16. The first-order valence-corrected chi connectivity index (χ1v) is 11.4. The maximum atomic E-state index is 12.6. The van der Waals surface area contributed by atoms with Gasteiger partial charge in [0.15, 0.2) is 0 Å². The summed E-state index contributed by atoms with van der Waals surface area (Å²) in [5.74, 6) is -0.0984. The highest BCUT2D eigenvalue weighted by Crippen LogP contribution is 2.41. The first-order valence-electron chi connectivity index (χ1n) is 10.6. The van der Waals surface area contributed by atoms with Crippen molar-refractivity contribution in [3.8, 4) is 5.75 Å². The molecular formula is C24H20N4O5S. The van der Waals surface area contributed by atoms with Crippen LogP contribution in [-0.2, 0) is 11.3 Å². The number of amides is 1. The first kappa shape index (κ1) is 21.8. The van der Waals surface area contributed by atoms with Gasteiger partial charge in [0.1, 0.15) is 17.4 Å². The largest absolute Gasteiger partial charge is 0.496 e. The second-order valence-corrected chi connectivity index (χ2v) is 8.79. The Morgan fingerprint density at radius 1 is 1.15 bits per heavy atom. The molecule has 0 radical (unpaired) electrons. The van der Waals surface area contributed by atoms with Crippen LogP contribution in [0.1, 0.15) is 50.2 Å². The Kier molecular flexibility index (Phi) is 5.81. The topological polar surface area (TPSA) is 112 Å². The number of methoxy groups -OCH3 is 1. The Bertz CT molecular complexity index is 1460. The minimum Gasteiger partial charge on any atom is -0.496 e. The van der Waals surface area contributed by atoms with Crippen molar-refractivity contribution in [3.63, 3.8) is 0 Å². The van der Waals surface area contributed by atoms with Gasteiger partial charge < -0.3 is 14.8 Å². The predicted octanol–water partition coefficient (Wildman–Crippen LogP) is 3.65. The quantitative estimate of drug-likeness (QED) is 0.405. The maximum Gasteiger partial charge on any atom is 0.338 e. The van der Waals surface area contributed by atoms with Crippen LogP contribution >= 0.6 is 11.3 Å². The summed E-state index contributed by atoms with van der Waals surface area (Å²) in [5, 5.41) is 8.00. The van der Waals surface area contributed by atoms with Crippen LogP contribution in [0.2, 0.25) is 0 Å². The van der Waals surface area contributed by atoms with E-state index >= 15 is 0 Å². The molecule has 2 heterocycles. The van der Waals surface area contributed by atoms with Gasteiger partial charge in [0.05, 0.1) is 23.9 Å². The third-order valence-corrected chi connectivity index (χ3v) is 6.37. The summed E-state index contributed by atoms with van der Waals surface area (Å²) in [6, 6.07) is 14.6. The van der Waals surface area contributed by atoms with Crippen LogP contribution in [0.15, 0.2) is 59.4 Å². The summed E-state index contributed by atoms with van der Waals surface area (Å²) in [4.78, 5) is 42.5. The summed E-state index contributed by atoms with van der Waals surface area (Å²) < 4.78 is 11.9. The van der Waals surface area contributed by atoms with Gasteiger partial charge in [-0.1, -0.05) is 29.5 Å². The number of anilines is 1. The van der Waals surface area contributed by atoms with Crippen molar-refractivity contribution >= 4 is 33.9 Å². The number of ether oxygens (including phenoxy) is 2. The number of nitrogens with zero attached hydrogens (tertiary/aromatic N) is 3. The number of hydrogen-bond donors (Lipinski definition) is 1. The lowest BCUT2D eigenvalue weighted by Gasteiger charge is -2.10. The molecule has 4 aromatic rings. The van der Waals surface area contributed by atoms with E-state index in [0.29, 0.717) is 33.6 Å². The molecule has 2 aromatic heterocycles. The summed E-state index contributed by atoms with van der Waals surface area (Å²) in [6.45, 7) is -0.154. The van der Waals surface area contributed by atoms with Crippen LogP contribution in [0, 0.1) is 0 Å². The van der Waals surface area contributed by atoms with E-state index in [1.165, 1.54) is 35.1 Å². The molecule has 0 saturated heterocycles. The molecule has 0 unspecified atom stereocenters. The molecule has 34 heavy (non-hydrogen) atoms. The Balaban J connectivity index is 1.27. The van der Waals surface area contributed by atoms with Gasteiger partial charge in [-0.3, -0.25) is 9.59 Å². The molecular weight excluding hydrogens is 456 g/mol. The summed E-state index contributed by atoms with van der Waals surface area (Å²) in [5.41, 5.74) is 1.11. The van der Waals surface area contributed by atoms with Crippen molar-refractivity contribution < 1.29 is 19.1 Å². The van der Waals surface area contributed by atoms with Crippen LogP contribution in [0.3, 0.4) is 0 Å². The number of aromatic nitrogens is 3. The molecule has 5 rings (SSSR count). The highest BCUT2D eigenvalue weighted by Gasteiger charge is 2.28. The van der Waals surface area contributed by atoms with Crippen molar-refractivity contribution in [2.45, 2.75) is 25.4 Å². The van der Waals surface area contributed by atoms with Gasteiger partial charge in [0.2, 0.25) is 4.96 Å². The molecule has 9 nitrogen and oxygen atoms in total. The van der Waals surface area contributed by atoms with Gasteiger partial charge in [0, 0.05) is 17.7 Å². The fourth-order valence-electron chi connectivity index (χ4n) is 3.42. The van der Waals surface area contributed by atoms with E-state index in [2.05, 4.69) is 15.4 Å². The highest BCUT2D eigenvalue weighted by atomic mass is 32.1. The Hall–Kier alpha value is -4.05. The smallest absolute Gasteiger partial charge is 0.338 e. The van der Waals surface area contributed by atoms with Crippen molar-refractivity contribution in [1.82, 2.24) is 14.6 Å².